The van der Waals surface area contributed by atoms with Crippen LogP contribution in [0.2, 0.25) is 0 Å². The monoisotopic (exact) mass is 432 g/mol. The topological polar surface area (TPSA) is 91.4 Å². The standard InChI is InChI=1S/C21H24N2O4S2/c1-13(2)12-27-20(25)22-9-8-14-4-3-5-15(10-14)17-7-6-16(28-17)11-18-19(24)23-21(26)29-18/h3-7,10,13,24H,8-9,11-12H2,1-2H3,(H,22,25)(H,23,26). The van der Waals surface area contributed by atoms with Gasteiger partial charge in [0.2, 0.25) is 5.88 Å². The molecule has 2 aromatic heterocycles. The van der Waals surface area contributed by atoms with Gasteiger partial charge in [-0.15, -0.1) is 11.3 Å². The Morgan fingerprint density at radius 1 is 1.24 bits per heavy atom. The molecule has 0 radical (unpaired) electrons. The zero-order valence-electron chi connectivity index (χ0n) is 16.4. The van der Waals surface area contributed by atoms with E-state index in [1.165, 1.54) is 0 Å². The van der Waals surface area contributed by atoms with Crippen LogP contribution in [0.1, 0.15) is 29.2 Å². The number of nitrogens with one attached hydrogen (secondary N) is 2. The highest BCUT2D eigenvalue weighted by atomic mass is 32.1. The second-order valence-electron chi connectivity index (χ2n) is 7.10. The highest BCUT2D eigenvalue weighted by Gasteiger charge is 2.11. The molecule has 0 bridgehead atoms. The van der Waals surface area contributed by atoms with Crippen molar-refractivity contribution >= 4 is 28.8 Å². The smallest absolute Gasteiger partial charge is 0.407 e. The molecule has 0 unspecified atom stereocenters. The van der Waals surface area contributed by atoms with Gasteiger partial charge in [-0.25, -0.2) is 4.79 Å². The number of thiophene rings is 1. The fourth-order valence-corrected chi connectivity index (χ4v) is 4.59. The zero-order valence-corrected chi connectivity index (χ0v) is 18.0. The molecule has 3 N–H and O–H groups in total. The first-order valence-corrected chi connectivity index (χ1v) is 11.0. The van der Waals surface area contributed by atoms with Gasteiger partial charge in [0, 0.05) is 22.7 Å². The molecule has 0 aliphatic carbocycles. The number of carbonyl (C=O) groups excluding carboxylic acids is 1. The van der Waals surface area contributed by atoms with E-state index in [1.807, 2.05) is 38.1 Å². The van der Waals surface area contributed by atoms with Gasteiger partial charge < -0.3 is 15.2 Å². The largest absolute Gasteiger partial charge is 0.494 e. The maximum absolute atomic E-state index is 11.6. The number of aromatic hydroxyl groups is 1. The van der Waals surface area contributed by atoms with Crippen LogP contribution < -0.4 is 10.2 Å². The Morgan fingerprint density at radius 2 is 2.07 bits per heavy atom. The number of thiazole rings is 1. The van der Waals surface area contributed by atoms with Gasteiger partial charge >= 0.3 is 11.0 Å². The number of ether oxygens (including phenoxy) is 1. The van der Waals surface area contributed by atoms with E-state index in [-0.39, 0.29) is 16.8 Å². The van der Waals surface area contributed by atoms with Crippen LogP contribution in [0.4, 0.5) is 4.79 Å². The summed E-state index contributed by atoms with van der Waals surface area (Å²) in [5.41, 5.74) is 2.23. The van der Waals surface area contributed by atoms with Gasteiger partial charge in [0.15, 0.2) is 0 Å². The Hall–Kier alpha value is -2.58. The molecule has 0 saturated heterocycles. The van der Waals surface area contributed by atoms with Gasteiger partial charge in [0.05, 0.1) is 11.5 Å². The average molecular weight is 433 g/mol. The van der Waals surface area contributed by atoms with Crippen LogP contribution in [0.25, 0.3) is 10.4 Å². The second kappa shape index (κ2) is 9.76. The van der Waals surface area contributed by atoms with Crippen LogP contribution in [0, 0.1) is 5.92 Å². The lowest BCUT2D eigenvalue weighted by molar-refractivity contribution is 0.133. The van der Waals surface area contributed by atoms with Crippen molar-refractivity contribution in [1.82, 2.24) is 10.3 Å². The fraction of sp³-hybridized carbons (Fsp3) is 0.333. The lowest BCUT2D eigenvalue weighted by Crippen LogP contribution is -2.27. The number of rotatable bonds is 8. The van der Waals surface area contributed by atoms with E-state index < -0.39 is 0 Å². The minimum absolute atomic E-state index is 0.0450. The number of aromatic nitrogens is 1. The van der Waals surface area contributed by atoms with Gasteiger partial charge in [0.1, 0.15) is 0 Å². The number of hydrogen-bond acceptors (Lipinski definition) is 6. The number of alkyl carbamates (subject to hydrolysis) is 1. The molecule has 3 rings (SSSR count). The van der Waals surface area contributed by atoms with Gasteiger partial charge in [-0.3, -0.25) is 9.78 Å². The Morgan fingerprint density at radius 3 is 2.79 bits per heavy atom. The van der Waals surface area contributed by atoms with Crippen LogP contribution in [0.5, 0.6) is 5.88 Å². The zero-order chi connectivity index (χ0) is 20.8. The molecule has 0 aliphatic heterocycles. The first-order valence-electron chi connectivity index (χ1n) is 9.40. The van der Waals surface area contributed by atoms with E-state index >= 15 is 0 Å². The Bertz CT molecular complexity index is 1020. The molecule has 0 saturated carbocycles. The maximum Gasteiger partial charge on any atom is 0.407 e. The van der Waals surface area contributed by atoms with Crippen molar-refractivity contribution in [3.05, 3.63) is 61.4 Å². The number of hydrogen-bond donors (Lipinski definition) is 3. The number of H-pyrrole nitrogens is 1. The molecule has 8 heteroatoms. The molecule has 1 aromatic carbocycles. The number of carbonyl (C=O) groups is 1. The summed E-state index contributed by atoms with van der Waals surface area (Å²) in [6.07, 6.45) is 0.865. The van der Waals surface area contributed by atoms with Crippen molar-refractivity contribution in [1.29, 1.82) is 0 Å². The normalized spacial score (nSPS) is 11.0. The SMILES string of the molecule is CC(C)COC(=O)NCCc1cccc(-c2ccc(Cc3sc(=O)[nH]c3O)s2)c1. The Labute approximate surface area is 177 Å². The first kappa shape index (κ1) is 21.1. The van der Waals surface area contributed by atoms with Crippen LogP contribution in [0.3, 0.4) is 0 Å². The molecule has 0 fully saturated rings. The molecule has 154 valence electrons. The molecular weight excluding hydrogens is 408 g/mol. The maximum atomic E-state index is 11.6. The van der Waals surface area contributed by atoms with Crippen molar-refractivity contribution < 1.29 is 14.6 Å². The van der Waals surface area contributed by atoms with Gasteiger partial charge in [-0.1, -0.05) is 49.4 Å². The molecule has 0 aliphatic rings. The summed E-state index contributed by atoms with van der Waals surface area (Å²) in [4.78, 5) is 28.0. The van der Waals surface area contributed by atoms with Crippen molar-refractivity contribution in [2.45, 2.75) is 26.7 Å². The molecule has 0 atom stereocenters. The quantitative estimate of drug-likeness (QED) is 0.492. The summed E-state index contributed by atoms with van der Waals surface area (Å²) in [5, 5.41) is 12.5. The minimum atomic E-state index is -0.381. The van der Waals surface area contributed by atoms with Crippen LogP contribution in [0.15, 0.2) is 41.2 Å². The predicted octanol–water partition coefficient (Wildman–Crippen LogP) is 4.39. The predicted molar refractivity (Wildman–Crippen MR) is 117 cm³/mol. The van der Waals surface area contributed by atoms with Crippen LogP contribution >= 0.6 is 22.7 Å². The summed E-state index contributed by atoms with van der Waals surface area (Å²) in [6, 6.07) is 12.3. The summed E-state index contributed by atoms with van der Waals surface area (Å²) >= 11 is 2.67. The van der Waals surface area contributed by atoms with Gasteiger partial charge in [0.25, 0.3) is 0 Å². The van der Waals surface area contributed by atoms with E-state index in [2.05, 4.69) is 22.4 Å². The third-order valence-electron chi connectivity index (χ3n) is 4.14. The van der Waals surface area contributed by atoms with Crippen molar-refractivity contribution in [2.75, 3.05) is 13.2 Å². The molecule has 29 heavy (non-hydrogen) atoms. The number of amides is 1. The highest BCUT2D eigenvalue weighted by Crippen LogP contribution is 2.31. The van der Waals surface area contributed by atoms with Gasteiger partial charge in [-0.2, -0.15) is 0 Å². The second-order valence-corrected chi connectivity index (χ2v) is 9.33. The lowest BCUT2D eigenvalue weighted by atomic mass is 10.1. The number of benzene rings is 1. The van der Waals surface area contributed by atoms with Crippen LogP contribution in [-0.4, -0.2) is 29.3 Å². The molecular formula is C21H24N2O4S2. The highest BCUT2D eigenvalue weighted by molar-refractivity contribution is 7.15. The molecule has 2 heterocycles. The summed E-state index contributed by atoms with van der Waals surface area (Å²) in [6.45, 7) is 4.93. The summed E-state index contributed by atoms with van der Waals surface area (Å²) in [7, 11) is 0. The third kappa shape index (κ3) is 6.20. The van der Waals surface area contributed by atoms with Crippen molar-refractivity contribution in [2.24, 2.45) is 5.92 Å². The molecule has 3 aromatic rings. The van der Waals surface area contributed by atoms with Gasteiger partial charge in [-0.05, 0) is 35.6 Å². The van der Waals surface area contributed by atoms with E-state index in [1.54, 1.807) is 11.3 Å². The van der Waals surface area contributed by atoms with Crippen molar-refractivity contribution in [3.8, 4) is 16.3 Å². The fourth-order valence-electron chi connectivity index (χ4n) is 2.74. The first-order chi connectivity index (χ1) is 13.9. The molecule has 6 nitrogen and oxygen atoms in total. The summed E-state index contributed by atoms with van der Waals surface area (Å²) in [5.74, 6) is 0.272. The Kier molecular flexibility index (Phi) is 7.11. The van der Waals surface area contributed by atoms with E-state index in [0.717, 1.165) is 32.2 Å². The number of aromatic amines is 1. The summed E-state index contributed by atoms with van der Waals surface area (Å²) < 4.78 is 5.11. The Balaban J connectivity index is 1.58. The van der Waals surface area contributed by atoms with E-state index in [9.17, 15) is 14.7 Å². The molecule has 1 amide bonds. The van der Waals surface area contributed by atoms with Crippen molar-refractivity contribution in [3.63, 3.8) is 0 Å². The average Bonchev–Trinajstić information content (AvgIpc) is 3.27. The third-order valence-corrected chi connectivity index (χ3v) is 6.15. The van der Waals surface area contributed by atoms with Crippen LogP contribution in [-0.2, 0) is 17.6 Å². The minimum Gasteiger partial charge on any atom is -0.494 e. The molecule has 0 spiro atoms. The van der Waals surface area contributed by atoms with E-state index in [4.69, 9.17) is 4.74 Å². The lowest BCUT2D eigenvalue weighted by Gasteiger charge is -2.09. The van der Waals surface area contributed by atoms with E-state index in [0.29, 0.717) is 36.8 Å².